The van der Waals surface area contributed by atoms with Crippen molar-refractivity contribution in [2.75, 3.05) is 19.8 Å². The van der Waals surface area contributed by atoms with Crippen LogP contribution in [0.4, 0.5) is 0 Å². The molecule has 5 N–H and O–H groups in total. The number of carboxylic acids is 1. The first kappa shape index (κ1) is 28.1. The average molecular weight is 353 g/mol. The van der Waals surface area contributed by atoms with Crippen LogP contribution in [0.5, 0.6) is 0 Å². The van der Waals surface area contributed by atoms with Gasteiger partial charge in [-0.3, -0.25) is 4.79 Å². The van der Waals surface area contributed by atoms with Crippen LogP contribution in [0.15, 0.2) is 0 Å². The number of carboxylic acid groups (broad SMARTS) is 1. The molecule has 1 atom stereocenters. The summed E-state index contributed by atoms with van der Waals surface area (Å²) in [6.07, 6.45) is 4.43. The Morgan fingerprint density at radius 3 is 1.50 bits per heavy atom. The van der Waals surface area contributed by atoms with Gasteiger partial charge < -0.3 is 25.5 Å². The van der Waals surface area contributed by atoms with E-state index in [0.29, 0.717) is 6.42 Å². The van der Waals surface area contributed by atoms with E-state index in [1.165, 1.54) is 0 Å². The van der Waals surface area contributed by atoms with Gasteiger partial charge >= 0.3 is 5.97 Å². The zero-order valence-corrected chi connectivity index (χ0v) is 16.2. The third-order valence-corrected chi connectivity index (χ3v) is 3.37. The van der Waals surface area contributed by atoms with Gasteiger partial charge in [0.2, 0.25) is 0 Å². The summed E-state index contributed by atoms with van der Waals surface area (Å²) in [6, 6.07) is 0. The second-order valence-corrected chi connectivity index (χ2v) is 6.84. The van der Waals surface area contributed by atoms with Gasteiger partial charge in [-0.05, 0) is 25.2 Å². The molecule has 1 unspecified atom stereocenters. The maximum Gasteiger partial charge on any atom is 0.303 e. The molecule has 0 saturated carbocycles. The summed E-state index contributed by atoms with van der Waals surface area (Å²) in [4.78, 5) is 9.60. The van der Waals surface area contributed by atoms with E-state index in [2.05, 4.69) is 0 Å². The molecule has 6 heteroatoms. The molecular weight excluding hydrogens is 312 g/mol. The molecular formula is C18H40O6. The Kier molecular flexibility index (Phi) is 21.9. The number of aliphatic hydroxyl groups is 4. The summed E-state index contributed by atoms with van der Waals surface area (Å²) in [7, 11) is 0. The first-order valence-electron chi connectivity index (χ1n) is 8.83. The number of carbonyl (C=O) groups is 1. The molecule has 0 aromatic rings. The van der Waals surface area contributed by atoms with E-state index in [1.807, 2.05) is 34.6 Å². The zero-order valence-electron chi connectivity index (χ0n) is 16.2. The second-order valence-electron chi connectivity index (χ2n) is 6.84. The van der Waals surface area contributed by atoms with Crippen LogP contribution in [0, 0.1) is 11.3 Å². The number of unbranched alkanes of at least 4 members (excludes halogenated alkanes) is 3. The van der Waals surface area contributed by atoms with Gasteiger partial charge in [0, 0.05) is 25.0 Å². The highest BCUT2D eigenvalue weighted by Crippen LogP contribution is 2.24. The van der Waals surface area contributed by atoms with Crippen LogP contribution < -0.4 is 0 Å². The van der Waals surface area contributed by atoms with Crippen molar-refractivity contribution in [1.29, 1.82) is 0 Å². The number of aliphatic carboxylic acids is 1. The Bertz CT molecular complexity index is 260. The molecule has 0 rings (SSSR count). The predicted octanol–water partition coefficient (Wildman–Crippen LogP) is 2.42. The van der Waals surface area contributed by atoms with Gasteiger partial charge in [0.25, 0.3) is 0 Å². The van der Waals surface area contributed by atoms with E-state index in [-0.39, 0.29) is 31.2 Å². The molecule has 0 radical (unpaired) electrons. The second kappa shape index (κ2) is 18.6. The molecule has 0 aromatic heterocycles. The fourth-order valence-corrected chi connectivity index (χ4v) is 1.79. The van der Waals surface area contributed by atoms with Gasteiger partial charge in [-0.1, -0.05) is 47.5 Å². The smallest absolute Gasteiger partial charge is 0.303 e. The highest BCUT2D eigenvalue weighted by molar-refractivity contribution is 5.66. The topological polar surface area (TPSA) is 118 Å². The third kappa shape index (κ3) is 21.3. The van der Waals surface area contributed by atoms with Crippen molar-refractivity contribution in [3.63, 3.8) is 0 Å². The maximum atomic E-state index is 9.60. The molecule has 0 bridgehead atoms. The molecule has 0 aromatic carbocycles. The molecule has 0 aliphatic rings. The van der Waals surface area contributed by atoms with Gasteiger partial charge in [-0.15, -0.1) is 0 Å². The van der Waals surface area contributed by atoms with Gasteiger partial charge in [0.15, 0.2) is 0 Å². The summed E-state index contributed by atoms with van der Waals surface area (Å²) in [5.74, 6) is -0.500. The summed E-state index contributed by atoms with van der Waals surface area (Å²) < 4.78 is 0. The summed E-state index contributed by atoms with van der Waals surface area (Å²) in [5.41, 5.74) is -0.367. The number of rotatable bonds is 10. The van der Waals surface area contributed by atoms with E-state index >= 15 is 0 Å². The van der Waals surface area contributed by atoms with Crippen molar-refractivity contribution in [3.8, 4) is 0 Å². The fourth-order valence-electron chi connectivity index (χ4n) is 1.79. The lowest BCUT2D eigenvalue weighted by molar-refractivity contribution is -0.137. The minimum Gasteiger partial charge on any atom is -0.481 e. The third-order valence-electron chi connectivity index (χ3n) is 3.37. The Labute approximate surface area is 147 Å². The number of aliphatic hydroxyl groups excluding tert-OH is 4. The standard InChI is InChI=1S/C8H18O2.C6H14O2.C4H8O2/c1-6(2)7(10)8(3,4)5-9;7-5-3-1-2-4-6-8;1-2-3-4(5)6/h6-7,9-10H,5H2,1-4H3;7-8H,1-6H2;2-3H2,1H3,(H,5,6). The molecule has 0 aliphatic carbocycles. The normalized spacial score (nSPS) is 11.9. The Hall–Kier alpha value is -0.690. The van der Waals surface area contributed by atoms with Gasteiger partial charge in [0.1, 0.15) is 0 Å². The van der Waals surface area contributed by atoms with Crippen molar-refractivity contribution in [1.82, 2.24) is 0 Å². The molecule has 0 amide bonds. The SMILES string of the molecule is CC(C)C(O)C(C)(C)CO.CCCC(=O)O.OCCCCCCO. The van der Waals surface area contributed by atoms with E-state index < -0.39 is 12.1 Å². The van der Waals surface area contributed by atoms with Crippen LogP contribution >= 0.6 is 0 Å². The number of hydrogen-bond acceptors (Lipinski definition) is 5. The Morgan fingerprint density at radius 1 is 0.958 bits per heavy atom. The molecule has 0 fully saturated rings. The highest BCUT2D eigenvalue weighted by atomic mass is 16.4. The van der Waals surface area contributed by atoms with E-state index in [1.54, 1.807) is 0 Å². The summed E-state index contributed by atoms with van der Waals surface area (Å²) >= 11 is 0. The first-order chi connectivity index (χ1) is 11.1. The molecule has 148 valence electrons. The average Bonchev–Trinajstić information content (AvgIpc) is 2.52. The fraction of sp³-hybridized carbons (Fsp3) is 0.944. The molecule has 24 heavy (non-hydrogen) atoms. The summed E-state index contributed by atoms with van der Waals surface area (Å²) in [6.45, 7) is 10.1. The minimum absolute atomic E-state index is 0.0341. The highest BCUT2D eigenvalue weighted by Gasteiger charge is 2.28. The Balaban J connectivity index is -0.000000285. The van der Waals surface area contributed by atoms with Crippen molar-refractivity contribution in [2.24, 2.45) is 11.3 Å². The lowest BCUT2D eigenvalue weighted by Crippen LogP contribution is -2.36. The first-order valence-corrected chi connectivity index (χ1v) is 8.83. The van der Waals surface area contributed by atoms with Crippen LogP contribution in [0.25, 0.3) is 0 Å². The molecule has 0 saturated heterocycles. The molecule has 6 nitrogen and oxygen atoms in total. The number of hydrogen-bond donors (Lipinski definition) is 5. The largest absolute Gasteiger partial charge is 0.481 e. The molecule has 0 heterocycles. The lowest BCUT2D eigenvalue weighted by Gasteiger charge is -2.30. The molecule has 0 spiro atoms. The van der Waals surface area contributed by atoms with E-state index in [9.17, 15) is 9.90 Å². The lowest BCUT2D eigenvalue weighted by atomic mass is 9.82. The van der Waals surface area contributed by atoms with Crippen molar-refractivity contribution >= 4 is 5.97 Å². The van der Waals surface area contributed by atoms with Crippen molar-refractivity contribution in [3.05, 3.63) is 0 Å². The monoisotopic (exact) mass is 352 g/mol. The van der Waals surface area contributed by atoms with E-state index in [4.69, 9.17) is 20.4 Å². The van der Waals surface area contributed by atoms with Crippen LogP contribution in [0.1, 0.15) is 73.1 Å². The quantitative estimate of drug-likeness (QED) is 0.385. The van der Waals surface area contributed by atoms with E-state index in [0.717, 1.165) is 32.1 Å². The van der Waals surface area contributed by atoms with Gasteiger partial charge in [0.05, 0.1) is 12.7 Å². The molecule has 0 aliphatic heterocycles. The van der Waals surface area contributed by atoms with Crippen LogP contribution in [-0.2, 0) is 4.79 Å². The van der Waals surface area contributed by atoms with Crippen LogP contribution in [0.3, 0.4) is 0 Å². The summed E-state index contributed by atoms with van der Waals surface area (Å²) in [5, 5.41) is 42.9. The minimum atomic E-state index is -0.711. The van der Waals surface area contributed by atoms with Gasteiger partial charge in [-0.2, -0.15) is 0 Å². The Morgan fingerprint density at radius 2 is 1.38 bits per heavy atom. The predicted molar refractivity (Wildman–Crippen MR) is 96.9 cm³/mol. The van der Waals surface area contributed by atoms with Crippen molar-refractivity contribution in [2.45, 2.75) is 79.2 Å². The van der Waals surface area contributed by atoms with Crippen molar-refractivity contribution < 1.29 is 30.3 Å². The van der Waals surface area contributed by atoms with Crippen LogP contribution in [0.2, 0.25) is 0 Å². The van der Waals surface area contributed by atoms with Gasteiger partial charge in [-0.25, -0.2) is 0 Å². The van der Waals surface area contributed by atoms with Crippen LogP contribution in [-0.4, -0.2) is 57.4 Å². The maximum absolute atomic E-state index is 9.60. The zero-order chi connectivity index (χ0) is 19.6.